The molecule has 0 unspecified atom stereocenters. The molecular weight excluding hydrogens is 306 g/mol. The van der Waals surface area contributed by atoms with Crippen molar-refractivity contribution in [3.8, 4) is 17.0 Å². The first-order chi connectivity index (χ1) is 8.13. The van der Waals surface area contributed by atoms with E-state index in [0.717, 1.165) is 17.1 Å². The third-order valence-electron chi connectivity index (χ3n) is 2.17. The zero-order chi connectivity index (χ0) is 12.4. The van der Waals surface area contributed by atoms with Crippen molar-refractivity contribution in [1.82, 2.24) is 4.37 Å². The number of halogens is 1. The Labute approximate surface area is 110 Å². The number of carbonyl (C=O) groups is 1. The van der Waals surface area contributed by atoms with E-state index in [9.17, 15) is 4.79 Å². The standard InChI is InChI=1S/C11H8BrNO3S/c1-16-7-4-2-3-6(5-7)9-8(12)10(11(14)15)17-13-9/h2-5H,1H3,(H,14,15). The average Bonchev–Trinajstić information content (AvgIpc) is 2.71. The molecule has 0 aliphatic carbocycles. The molecule has 0 aliphatic rings. The number of rotatable bonds is 3. The van der Waals surface area contributed by atoms with Crippen molar-refractivity contribution in [2.24, 2.45) is 0 Å². The van der Waals surface area contributed by atoms with E-state index < -0.39 is 5.97 Å². The predicted molar refractivity (Wildman–Crippen MR) is 68.8 cm³/mol. The van der Waals surface area contributed by atoms with Crippen molar-refractivity contribution in [3.63, 3.8) is 0 Å². The molecule has 0 saturated carbocycles. The van der Waals surface area contributed by atoms with Gasteiger partial charge in [0.15, 0.2) is 0 Å². The number of benzene rings is 1. The number of hydrogen-bond donors (Lipinski definition) is 1. The van der Waals surface area contributed by atoms with E-state index in [0.29, 0.717) is 15.9 Å². The Morgan fingerprint density at radius 3 is 2.88 bits per heavy atom. The smallest absolute Gasteiger partial charge is 0.348 e. The van der Waals surface area contributed by atoms with Gasteiger partial charge in [-0.25, -0.2) is 4.79 Å². The number of methoxy groups -OCH3 is 1. The fourth-order valence-corrected chi connectivity index (χ4v) is 2.82. The van der Waals surface area contributed by atoms with Gasteiger partial charge in [-0.1, -0.05) is 12.1 Å². The zero-order valence-corrected chi connectivity index (χ0v) is 11.2. The molecule has 1 N–H and O–H groups in total. The SMILES string of the molecule is COc1cccc(-c2nsc(C(=O)O)c2Br)c1. The summed E-state index contributed by atoms with van der Waals surface area (Å²) in [5.41, 5.74) is 1.44. The second kappa shape index (κ2) is 4.85. The second-order valence-electron chi connectivity index (χ2n) is 3.21. The van der Waals surface area contributed by atoms with Crippen LogP contribution in [0.2, 0.25) is 0 Å². The van der Waals surface area contributed by atoms with Gasteiger partial charge >= 0.3 is 5.97 Å². The lowest BCUT2D eigenvalue weighted by molar-refractivity contribution is 0.0701. The minimum atomic E-state index is -0.983. The fourth-order valence-electron chi connectivity index (χ4n) is 1.36. The van der Waals surface area contributed by atoms with Crippen LogP contribution in [0.1, 0.15) is 9.67 Å². The van der Waals surface area contributed by atoms with Crippen LogP contribution in [0, 0.1) is 0 Å². The van der Waals surface area contributed by atoms with E-state index in [1.807, 2.05) is 24.3 Å². The van der Waals surface area contributed by atoms with Gasteiger partial charge in [0.1, 0.15) is 10.6 Å². The van der Waals surface area contributed by atoms with Crippen molar-refractivity contribution < 1.29 is 14.6 Å². The quantitative estimate of drug-likeness (QED) is 0.944. The summed E-state index contributed by atoms with van der Waals surface area (Å²) >= 11 is 4.22. The summed E-state index contributed by atoms with van der Waals surface area (Å²) in [5, 5.41) is 8.94. The van der Waals surface area contributed by atoms with E-state index in [4.69, 9.17) is 9.84 Å². The molecule has 4 nitrogen and oxygen atoms in total. The van der Waals surface area contributed by atoms with Crippen LogP contribution >= 0.6 is 27.5 Å². The lowest BCUT2D eigenvalue weighted by Gasteiger charge is -2.02. The molecule has 0 amide bonds. The van der Waals surface area contributed by atoms with E-state index >= 15 is 0 Å². The van der Waals surface area contributed by atoms with Crippen molar-refractivity contribution >= 4 is 33.4 Å². The zero-order valence-electron chi connectivity index (χ0n) is 8.81. The summed E-state index contributed by atoms with van der Waals surface area (Å²) in [5.74, 6) is -0.275. The van der Waals surface area contributed by atoms with Crippen molar-refractivity contribution in [3.05, 3.63) is 33.6 Å². The van der Waals surface area contributed by atoms with E-state index in [2.05, 4.69) is 20.3 Å². The van der Waals surface area contributed by atoms with Crippen LogP contribution in [-0.4, -0.2) is 22.6 Å². The Balaban J connectivity index is 2.49. The molecule has 1 aromatic carbocycles. The summed E-state index contributed by atoms with van der Waals surface area (Å²) in [4.78, 5) is 11.1. The highest BCUT2D eigenvalue weighted by Gasteiger charge is 2.18. The van der Waals surface area contributed by atoms with Crippen molar-refractivity contribution in [1.29, 1.82) is 0 Å². The highest BCUT2D eigenvalue weighted by Crippen LogP contribution is 2.34. The van der Waals surface area contributed by atoms with Crippen LogP contribution < -0.4 is 4.74 Å². The van der Waals surface area contributed by atoms with Crippen LogP contribution in [0.15, 0.2) is 28.7 Å². The molecule has 0 bridgehead atoms. The molecule has 88 valence electrons. The number of aromatic carboxylic acids is 1. The van der Waals surface area contributed by atoms with Crippen LogP contribution in [0.5, 0.6) is 5.75 Å². The number of aromatic nitrogens is 1. The molecule has 6 heteroatoms. The van der Waals surface area contributed by atoms with E-state index in [1.54, 1.807) is 7.11 Å². The number of carboxylic acids is 1. The maximum absolute atomic E-state index is 10.9. The van der Waals surface area contributed by atoms with Gasteiger partial charge in [-0.15, -0.1) is 0 Å². The summed E-state index contributed by atoms with van der Waals surface area (Å²) in [6.07, 6.45) is 0. The Bertz CT molecular complexity index is 568. The minimum Gasteiger partial charge on any atom is -0.497 e. The molecule has 2 aromatic rings. The fraction of sp³-hybridized carbons (Fsp3) is 0.0909. The first kappa shape index (κ1) is 12.1. The number of carboxylic acid groups (broad SMARTS) is 1. The normalized spacial score (nSPS) is 10.2. The van der Waals surface area contributed by atoms with Crippen LogP contribution in [0.25, 0.3) is 11.3 Å². The largest absolute Gasteiger partial charge is 0.497 e. The van der Waals surface area contributed by atoms with E-state index in [-0.39, 0.29) is 4.88 Å². The molecule has 2 rings (SSSR count). The summed E-state index contributed by atoms with van der Waals surface area (Å²) in [6.45, 7) is 0. The summed E-state index contributed by atoms with van der Waals surface area (Å²) in [6, 6.07) is 7.32. The van der Waals surface area contributed by atoms with Crippen LogP contribution in [0.4, 0.5) is 0 Å². The number of hydrogen-bond acceptors (Lipinski definition) is 4. The summed E-state index contributed by atoms with van der Waals surface area (Å²) in [7, 11) is 1.58. The number of ether oxygens (including phenoxy) is 1. The molecule has 0 saturated heterocycles. The van der Waals surface area contributed by atoms with Gasteiger partial charge in [0.05, 0.1) is 17.3 Å². The summed E-state index contributed by atoms with van der Waals surface area (Å²) < 4.78 is 9.76. The molecule has 0 fully saturated rings. The Morgan fingerprint density at radius 2 is 2.29 bits per heavy atom. The van der Waals surface area contributed by atoms with Gasteiger partial charge in [0.2, 0.25) is 0 Å². The molecule has 0 spiro atoms. The maximum atomic E-state index is 10.9. The Hall–Kier alpha value is -1.40. The lowest BCUT2D eigenvalue weighted by Crippen LogP contribution is -1.92. The third-order valence-corrected chi connectivity index (χ3v) is 4.04. The molecule has 1 heterocycles. The highest BCUT2D eigenvalue weighted by molar-refractivity contribution is 9.10. The molecule has 17 heavy (non-hydrogen) atoms. The average molecular weight is 314 g/mol. The molecule has 1 aromatic heterocycles. The second-order valence-corrected chi connectivity index (χ2v) is 4.78. The third kappa shape index (κ3) is 2.32. The topological polar surface area (TPSA) is 59.4 Å². The van der Waals surface area contributed by atoms with Gasteiger partial charge < -0.3 is 9.84 Å². The molecule has 0 radical (unpaired) electrons. The van der Waals surface area contributed by atoms with Crippen molar-refractivity contribution in [2.45, 2.75) is 0 Å². The molecule has 0 aliphatic heterocycles. The van der Waals surface area contributed by atoms with E-state index in [1.165, 1.54) is 0 Å². The maximum Gasteiger partial charge on any atom is 0.348 e. The van der Waals surface area contributed by atoms with Gasteiger partial charge in [0, 0.05) is 5.56 Å². The Morgan fingerprint density at radius 1 is 1.53 bits per heavy atom. The minimum absolute atomic E-state index is 0.197. The molecule has 0 atom stereocenters. The van der Waals surface area contributed by atoms with Gasteiger partial charge in [0.25, 0.3) is 0 Å². The first-order valence-electron chi connectivity index (χ1n) is 4.66. The Kier molecular flexibility index (Phi) is 3.44. The van der Waals surface area contributed by atoms with Gasteiger partial charge in [-0.05, 0) is 39.6 Å². The van der Waals surface area contributed by atoms with Gasteiger partial charge in [-0.3, -0.25) is 0 Å². The lowest BCUT2D eigenvalue weighted by atomic mass is 10.1. The molecular formula is C11H8BrNO3S. The predicted octanol–water partition coefficient (Wildman–Crippen LogP) is 3.28. The monoisotopic (exact) mass is 313 g/mol. The highest BCUT2D eigenvalue weighted by atomic mass is 79.9. The van der Waals surface area contributed by atoms with Crippen molar-refractivity contribution in [2.75, 3.05) is 7.11 Å². The van der Waals surface area contributed by atoms with Crippen LogP contribution in [0.3, 0.4) is 0 Å². The van der Waals surface area contributed by atoms with Crippen LogP contribution in [-0.2, 0) is 0 Å². The first-order valence-corrected chi connectivity index (χ1v) is 6.23. The number of nitrogens with zero attached hydrogens (tertiary/aromatic N) is 1. The van der Waals surface area contributed by atoms with Gasteiger partial charge in [-0.2, -0.15) is 4.37 Å².